The predicted molar refractivity (Wildman–Crippen MR) is 88.3 cm³/mol. The summed E-state index contributed by atoms with van der Waals surface area (Å²) in [7, 11) is 0. The Labute approximate surface area is 125 Å². The lowest BCUT2D eigenvalue weighted by atomic mass is 10.0. The molecule has 110 valence electrons. The van der Waals surface area contributed by atoms with Crippen LogP contribution in [0.5, 0.6) is 0 Å². The molecule has 0 radical (unpaired) electrons. The number of pyridine rings is 1. The maximum atomic E-state index is 6.14. The number of hydrogen-bond donors (Lipinski definition) is 1. The normalized spacial score (nSPS) is 11.8. The average Bonchev–Trinajstić information content (AvgIpc) is 2.79. The quantitative estimate of drug-likeness (QED) is 0.792. The molecule has 0 bridgehead atoms. The number of nitrogens with zero attached hydrogens (tertiary/aromatic N) is 3. The maximum absolute atomic E-state index is 6.14. The van der Waals surface area contributed by atoms with E-state index in [2.05, 4.69) is 42.6 Å². The summed E-state index contributed by atoms with van der Waals surface area (Å²) >= 11 is 0. The first-order valence-electron chi connectivity index (χ1n) is 7.65. The van der Waals surface area contributed by atoms with Crippen molar-refractivity contribution in [1.82, 2.24) is 14.8 Å². The lowest BCUT2D eigenvalue weighted by Crippen LogP contribution is -2.07. The Bertz CT molecular complexity index is 786. The van der Waals surface area contributed by atoms with Gasteiger partial charge in [-0.3, -0.25) is 4.68 Å². The van der Waals surface area contributed by atoms with Crippen molar-refractivity contribution in [1.29, 1.82) is 0 Å². The fraction of sp³-hybridized carbons (Fsp3) is 0.412. The molecule has 3 rings (SSSR count). The number of hydrogen-bond acceptors (Lipinski definition) is 3. The Hall–Kier alpha value is -2.10. The molecule has 2 aromatic heterocycles. The lowest BCUT2D eigenvalue weighted by Gasteiger charge is -2.10. The van der Waals surface area contributed by atoms with Crippen molar-refractivity contribution in [2.45, 2.75) is 40.2 Å². The molecule has 0 aliphatic heterocycles. The van der Waals surface area contributed by atoms with E-state index in [0.29, 0.717) is 11.7 Å². The second kappa shape index (κ2) is 5.35. The van der Waals surface area contributed by atoms with E-state index in [1.54, 1.807) is 0 Å². The first-order valence-corrected chi connectivity index (χ1v) is 7.65. The Balaban J connectivity index is 2.39. The molecule has 4 nitrogen and oxygen atoms in total. The van der Waals surface area contributed by atoms with Crippen LogP contribution in [0.2, 0.25) is 0 Å². The van der Waals surface area contributed by atoms with E-state index >= 15 is 0 Å². The summed E-state index contributed by atoms with van der Waals surface area (Å²) in [5.41, 5.74) is 9.22. The predicted octanol–water partition coefficient (Wildman–Crippen LogP) is 3.78. The second-order valence-electron chi connectivity index (χ2n) is 6.01. The van der Waals surface area contributed by atoms with Crippen LogP contribution in [0, 0.1) is 5.92 Å². The van der Waals surface area contributed by atoms with Crippen molar-refractivity contribution in [3.05, 3.63) is 30.0 Å². The Morgan fingerprint density at radius 2 is 2.00 bits per heavy atom. The minimum Gasteiger partial charge on any atom is -0.382 e. The van der Waals surface area contributed by atoms with Gasteiger partial charge in [0, 0.05) is 23.0 Å². The zero-order valence-electron chi connectivity index (χ0n) is 12.9. The van der Waals surface area contributed by atoms with Gasteiger partial charge in [0.25, 0.3) is 0 Å². The van der Waals surface area contributed by atoms with Crippen molar-refractivity contribution in [2.75, 3.05) is 5.73 Å². The summed E-state index contributed by atoms with van der Waals surface area (Å²) in [6.07, 6.45) is 2.06. The highest BCUT2D eigenvalue weighted by atomic mass is 15.3. The lowest BCUT2D eigenvalue weighted by molar-refractivity contribution is 0.542. The fourth-order valence-corrected chi connectivity index (χ4v) is 2.92. The van der Waals surface area contributed by atoms with Crippen LogP contribution in [0.4, 0.5) is 5.82 Å². The molecule has 0 aliphatic carbocycles. The Morgan fingerprint density at radius 3 is 2.71 bits per heavy atom. The van der Waals surface area contributed by atoms with E-state index < -0.39 is 0 Å². The number of aryl methyl sites for hydroxylation is 1. The van der Waals surface area contributed by atoms with Gasteiger partial charge < -0.3 is 5.73 Å². The van der Waals surface area contributed by atoms with Gasteiger partial charge in [0.05, 0.1) is 5.52 Å². The number of fused-ring (bicyclic) bond motifs is 3. The van der Waals surface area contributed by atoms with Gasteiger partial charge in [-0.2, -0.15) is 5.10 Å². The van der Waals surface area contributed by atoms with Crippen LogP contribution in [0.1, 0.15) is 32.9 Å². The standard InChI is InChI=1S/C17H22N4/c1-4-9-21-14(10-11(2)3)15-12-7-5-6-8-13(12)19-17(18)16(15)20-21/h5-8,11H,4,9-10H2,1-3H3,(H2,18,19). The smallest absolute Gasteiger partial charge is 0.152 e. The third-order valence-corrected chi connectivity index (χ3v) is 3.75. The van der Waals surface area contributed by atoms with E-state index in [0.717, 1.165) is 35.8 Å². The fourth-order valence-electron chi connectivity index (χ4n) is 2.92. The summed E-state index contributed by atoms with van der Waals surface area (Å²) in [4.78, 5) is 4.50. The van der Waals surface area contributed by atoms with Crippen LogP contribution in [0.25, 0.3) is 21.8 Å². The molecule has 0 amide bonds. The van der Waals surface area contributed by atoms with Gasteiger partial charge >= 0.3 is 0 Å². The number of benzene rings is 1. The largest absolute Gasteiger partial charge is 0.382 e. The first-order chi connectivity index (χ1) is 10.1. The van der Waals surface area contributed by atoms with Crippen molar-refractivity contribution >= 4 is 27.6 Å². The number of aromatic nitrogens is 3. The molecule has 21 heavy (non-hydrogen) atoms. The van der Waals surface area contributed by atoms with E-state index in [-0.39, 0.29) is 0 Å². The number of rotatable bonds is 4. The van der Waals surface area contributed by atoms with Gasteiger partial charge in [0.1, 0.15) is 5.52 Å². The molecular weight excluding hydrogens is 260 g/mol. The molecule has 0 saturated carbocycles. The van der Waals surface area contributed by atoms with Crippen LogP contribution in [-0.4, -0.2) is 14.8 Å². The summed E-state index contributed by atoms with van der Waals surface area (Å²) < 4.78 is 2.12. The third-order valence-electron chi connectivity index (χ3n) is 3.75. The molecule has 0 unspecified atom stereocenters. The molecular formula is C17H22N4. The molecule has 4 heteroatoms. The molecule has 2 N–H and O–H groups in total. The summed E-state index contributed by atoms with van der Waals surface area (Å²) in [6.45, 7) is 7.57. The van der Waals surface area contributed by atoms with Gasteiger partial charge in [0.15, 0.2) is 5.82 Å². The van der Waals surface area contributed by atoms with Crippen molar-refractivity contribution in [3.8, 4) is 0 Å². The molecule has 0 spiro atoms. The van der Waals surface area contributed by atoms with Crippen molar-refractivity contribution < 1.29 is 0 Å². The van der Waals surface area contributed by atoms with Gasteiger partial charge in [-0.1, -0.05) is 39.0 Å². The van der Waals surface area contributed by atoms with Crippen LogP contribution in [-0.2, 0) is 13.0 Å². The molecule has 0 aliphatic rings. The summed E-state index contributed by atoms with van der Waals surface area (Å²) in [5, 5.41) is 7.07. The zero-order chi connectivity index (χ0) is 15.0. The summed E-state index contributed by atoms with van der Waals surface area (Å²) in [6, 6.07) is 8.18. The van der Waals surface area contributed by atoms with Crippen molar-refractivity contribution in [3.63, 3.8) is 0 Å². The highest BCUT2D eigenvalue weighted by Crippen LogP contribution is 2.31. The number of anilines is 1. The summed E-state index contributed by atoms with van der Waals surface area (Å²) in [5.74, 6) is 1.11. The molecule has 2 heterocycles. The molecule has 1 aromatic carbocycles. The minimum atomic E-state index is 0.531. The Kier molecular flexibility index (Phi) is 3.53. The molecule has 3 aromatic rings. The molecule has 0 fully saturated rings. The SMILES string of the molecule is CCCn1nc2c(N)nc3ccccc3c2c1CC(C)C. The van der Waals surface area contributed by atoms with Gasteiger partial charge in [-0.05, 0) is 24.8 Å². The average molecular weight is 282 g/mol. The topological polar surface area (TPSA) is 56.7 Å². The van der Waals surface area contributed by atoms with Crippen LogP contribution < -0.4 is 5.73 Å². The van der Waals surface area contributed by atoms with E-state index in [9.17, 15) is 0 Å². The van der Waals surface area contributed by atoms with Crippen LogP contribution in [0.3, 0.4) is 0 Å². The van der Waals surface area contributed by atoms with E-state index in [1.807, 2.05) is 12.1 Å². The molecule has 0 atom stereocenters. The highest BCUT2D eigenvalue weighted by Gasteiger charge is 2.17. The van der Waals surface area contributed by atoms with Gasteiger partial charge in [-0.15, -0.1) is 0 Å². The maximum Gasteiger partial charge on any atom is 0.152 e. The van der Waals surface area contributed by atoms with E-state index in [4.69, 9.17) is 10.8 Å². The molecule has 0 saturated heterocycles. The number of para-hydroxylation sites is 1. The highest BCUT2D eigenvalue weighted by molar-refractivity contribution is 6.09. The number of nitrogens with two attached hydrogens (primary N) is 1. The van der Waals surface area contributed by atoms with Gasteiger partial charge in [0.2, 0.25) is 0 Å². The zero-order valence-corrected chi connectivity index (χ0v) is 12.9. The van der Waals surface area contributed by atoms with E-state index in [1.165, 1.54) is 11.1 Å². The van der Waals surface area contributed by atoms with Crippen LogP contribution >= 0.6 is 0 Å². The van der Waals surface area contributed by atoms with Gasteiger partial charge in [-0.25, -0.2) is 4.98 Å². The first kappa shape index (κ1) is 13.9. The monoisotopic (exact) mass is 282 g/mol. The van der Waals surface area contributed by atoms with Crippen LogP contribution in [0.15, 0.2) is 24.3 Å². The Morgan fingerprint density at radius 1 is 1.24 bits per heavy atom. The third kappa shape index (κ3) is 2.35. The second-order valence-corrected chi connectivity index (χ2v) is 6.01. The number of nitrogen functional groups attached to an aromatic ring is 1. The minimum absolute atomic E-state index is 0.531. The van der Waals surface area contributed by atoms with Crippen molar-refractivity contribution in [2.24, 2.45) is 5.92 Å².